The van der Waals surface area contributed by atoms with Gasteiger partial charge in [0.2, 0.25) is 0 Å². The molecule has 0 atom stereocenters. The molecule has 0 unspecified atom stereocenters. The van der Waals surface area contributed by atoms with Crippen molar-refractivity contribution in [1.29, 1.82) is 0 Å². The highest BCUT2D eigenvalue weighted by Crippen LogP contribution is 2.34. The van der Waals surface area contributed by atoms with Crippen LogP contribution in [0.1, 0.15) is 16.7 Å². The number of nitrogens with two attached hydrogens (primary N) is 1. The van der Waals surface area contributed by atoms with Crippen LogP contribution in [0, 0.1) is 11.6 Å². The third-order valence-electron chi connectivity index (χ3n) is 5.23. The predicted octanol–water partition coefficient (Wildman–Crippen LogP) is 4.66. The first-order chi connectivity index (χ1) is 16.2. The number of rotatable bonds is 10. The molecule has 0 aliphatic carbocycles. The van der Waals surface area contributed by atoms with Crippen LogP contribution in [0.25, 0.3) is 0 Å². The fourth-order valence-corrected chi connectivity index (χ4v) is 5.59. The lowest BCUT2D eigenvalue weighted by molar-refractivity contribution is 0.354. The molecule has 10 heteroatoms. The lowest BCUT2D eigenvalue weighted by atomic mass is 10.0. The van der Waals surface area contributed by atoms with E-state index < -0.39 is 21.7 Å². The molecule has 182 valence electrons. The summed E-state index contributed by atoms with van der Waals surface area (Å²) in [6, 6.07) is 12.8. The van der Waals surface area contributed by atoms with Crippen molar-refractivity contribution in [3.8, 4) is 11.5 Å². The first-order valence-electron chi connectivity index (χ1n) is 10.3. The molecule has 0 aromatic heterocycles. The molecule has 3 aromatic carbocycles. The molecule has 0 spiro atoms. The summed E-state index contributed by atoms with van der Waals surface area (Å²) in [6.45, 7) is 0.0349. The topological polar surface area (TPSA) is 81.9 Å². The monoisotopic (exact) mass is 602 g/mol. The van der Waals surface area contributed by atoms with Crippen molar-refractivity contribution < 1.29 is 26.7 Å². The molecule has 3 aromatic rings. The van der Waals surface area contributed by atoms with E-state index in [4.69, 9.17) is 15.2 Å². The largest absolute Gasteiger partial charge is 0.493 e. The van der Waals surface area contributed by atoms with Gasteiger partial charge in [0, 0.05) is 30.0 Å². The highest BCUT2D eigenvalue weighted by molar-refractivity contribution is 14.1. The maximum absolute atomic E-state index is 14.4. The zero-order valence-electron chi connectivity index (χ0n) is 18.7. The quantitative estimate of drug-likeness (QED) is 0.270. The molecule has 0 aliphatic rings. The van der Waals surface area contributed by atoms with Crippen LogP contribution in [0.3, 0.4) is 0 Å². The molecule has 0 amide bonds. The van der Waals surface area contributed by atoms with Gasteiger partial charge in [0.1, 0.15) is 11.6 Å². The van der Waals surface area contributed by atoms with E-state index in [2.05, 4.69) is 22.6 Å². The Morgan fingerprint density at radius 3 is 2.32 bits per heavy atom. The number of hydrogen-bond donors (Lipinski definition) is 1. The number of ether oxygens (including phenoxy) is 2. The summed E-state index contributed by atoms with van der Waals surface area (Å²) in [6.07, 6.45) is 0.00588. The SMILES string of the molecule is COc1ccc(S(=O)(=O)N(CCN)c2ccc(CI)cc2Cc2cc(F)ccc2F)cc1OC. The molecule has 3 rings (SSSR count). The minimum absolute atomic E-state index is 0.00588. The van der Waals surface area contributed by atoms with E-state index in [1.807, 2.05) is 0 Å². The minimum Gasteiger partial charge on any atom is -0.493 e. The third kappa shape index (κ3) is 5.61. The Morgan fingerprint density at radius 1 is 0.941 bits per heavy atom. The highest BCUT2D eigenvalue weighted by atomic mass is 127. The van der Waals surface area contributed by atoms with Gasteiger partial charge in [0.05, 0.1) is 24.8 Å². The first-order valence-corrected chi connectivity index (χ1v) is 13.3. The van der Waals surface area contributed by atoms with Crippen molar-refractivity contribution >= 4 is 38.3 Å². The standard InChI is InChI=1S/C24H25F2IN2O4S/c1-32-23-8-5-20(14-24(23)33-2)34(30,31)29(10-9-28)22-7-3-16(15-27)11-18(22)12-17-13-19(25)4-6-21(17)26/h3-8,11,13-14H,9-10,12,15,28H2,1-2H3. The summed E-state index contributed by atoms with van der Waals surface area (Å²) < 4.78 is 68.0. The first kappa shape index (κ1) is 26.2. The average Bonchev–Trinajstić information content (AvgIpc) is 2.84. The van der Waals surface area contributed by atoms with Crippen LogP contribution in [0.4, 0.5) is 14.5 Å². The van der Waals surface area contributed by atoms with Gasteiger partial charge in [-0.2, -0.15) is 0 Å². The van der Waals surface area contributed by atoms with E-state index in [1.165, 1.54) is 36.7 Å². The Kier molecular flexibility index (Phi) is 8.72. The fourth-order valence-electron chi connectivity index (χ4n) is 3.58. The number of nitrogens with zero attached hydrogens (tertiary/aromatic N) is 1. The Balaban J connectivity index is 2.15. The van der Waals surface area contributed by atoms with Crippen molar-refractivity contribution in [3.63, 3.8) is 0 Å². The molecule has 34 heavy (non-hydrogen) atoms. The summed E-state index contributed by atoms with van der Waals surface area (Å²) in [5.41, 5.74) is 7.72. The molecule has 2 N–H and O–H groups in total. The Hall–Kier alpha value is -2.44. The Bertz CT molecular complexity index is 1270. The summed E-state index contributed by atoms with van der Waals surface area (Å²) in [7, 11) is -1.20. The second-order valence-corrected chi connectivity index (χ2v) is 10.0. The van der Waals surface area contributed by atoms with Crippen LogP contribution in [0.15, 0.2) is 59.5 Å². The maximum Gasteiger partial charge on any atom is 0.264 e. The van der Waals surface area contributed by atoms with E-state index in [0.717, 1.165) is 23.8 Å². The smallest absolute Gasteiger partial charge is 0.264 e. The molecule has 0 aliphatic heterocycles. The molecule has 0 radical (unpaired) electrons. The molecule has 6 nitrogen and oxygen atoms in total. The summed E-state index contributed by atoms with van der Waals surface area (Å²) >= 11 is 2.19. The van der Waals surface area contributed by atoms with Gasteiger partial charge < -0.3 is 15.2 Å². The van der Waals surface area contributed by atoms with Crippen LogP contribution >= 0.6 is 22.6 Å². The summed E-state index contributed by atoms with van der Waals surface area (Å²) in [5.74, 6) is -0.487. The minimum atomic E-state index is -4.08. The molecule has 0 heterocycles. The van der Waals surface area contributed by atoms with E-state index in [-0.39, 0.29) is 35.7 Å². The van der Waals surface area contributed by atoms with Gasteiger partial charge in [0.25, 0.3) is 10.0 Å². The highest BCUT2D eigenvalue weighted by Gasteiger charge is 2.28. The molecular weight excluding hydrogens is 577 g/mol. The number of benzene rings is 3. The van der Waals surface area contributed by atoms with Gasteiger partial charge in [-0.05, 0) is 53.1 Å². The number of alkyl halides is 1. The number of hydrogen-bond acceptors (Lipinski definition) is 5. The van der Waals surface area contributed by atoms with E-state index >= 15 is 0 Å². The van der Waals surface area contributed by atoms with Crippen LogP contribution < -0.4 is 19.5 Å². The van der Waals surface area contributed by atoms with E-state index in [1.54, 1.807) is 18.2 Å². The lowest BCUT2D eigenvalue weighted by Crippen LogP contribution is -2.36. The number of halogens is 3. The average molecular weight is 602 g/mol. The summed E-state index contributed by atoms with van der Waals surface area (Å²) in [5, 5.41) is 0. The summed E-state index contributed by atoms with van der Waals surface area (Å²) in [4.78, 5) is -0.0144. The van der Waals surface area contributed by atoms with Crippen molar-refractivity contribution in [1.82, 2.24) is 0 Å². The number of sulfonamides is 1. The lowest BCUT2D eigenvalue weighted by Gasteiger charge is -2.27. The van der Waals surface area contributed by atoms with Crippen LogP contribution in [0.5, 0.6) is 11.5 Å². The van der Waals surface area contributed by atoms with Crippen molar-refractivity contribution in [2.75, 3.05) is 31.6 Å². The molecule has 0 saturated carbocycles. The predicted molar refractivity (Wildman–Crippen MR) is 136 cm³/mol. The van der Waals surface area contributed by atoms with E-state index in [9.17, 15) is 17.2 Å². The molecule has 0 bridgehead atoms. The maximum atomic E-state index is 14.4. The number of methoxy groups -OCH3 is 2. The zero-order chi connectivity index (χ0) is 24.9. The Labute approximate surface area is 211 Å². The van der Waals surface area contributed by atoms with Gasteiger partial charge in [-0.15, -0.1) is 0 Å². The van der Waals surface area contributed by atoms with Gasteiger partial charge in [-0.25, -0.2) is 17.2 Å². The second kappa shape index (κ2) is 11.3. The molecular formula is C24H25F2IN2O4S. The molecule has 0 saturated heterocycles. The van der Waals surface area contributed by atoms with Gasteiger partial charge in [-0.1, -0.05) is 34.7 Å². The van der Waals surface area contributed by atoms with Crippen LogP contribution in [-0.4, -0.2) is 35.7 Å². The normalized spacial score (nSPS) is 11.4. The van der Waals surface area contributed by atoms with Crippen molar-refractivity contribution in [3.05, 3.63) is 82.9 Å². The third-order valence-corrected chi connectivity index (χ3v) is 7.92. The Morgan fingerprint density at radius 2 is 1.68 bits per heavy atom. The second-order valence-electron chi connectivity index (χ2n) is 7.39. The molecule has 0 fully saturated rings. The van der Waals surface area contributed by atoms with E-state index in [0.29, 0.717) is 21.4 Å². The van der Waals surface area contributed by atoms with Crippen LogP contribution in [0.2, 0.25) is 0 Å². The van der Waals surface area contributed by atoms with Crippen LogP contribution in [-0.2, 0) is 20.9 Å². The zero-order valence-corrected chi connectivity index (χ0v) is 21.7. The number of anilines is 1. The van der Waals surface area contributed by atoms with Gasteiger partial charge in [-0.3, -0.25) is 4.31 Å². The fraction of sp³-hybridized carbons (Fsp3) is 0.250. The van der Waals surface area contributed by atoms with Crippen molar-refractivity contribution in [2.45, 2.75) is 15.7 Å². The van der Waals surface area contributed by atoms with Gasteiger partial charge in [0.15, 0.2) is 11.5 Å². The van der Waals surface area contributed by atoms with Gasteiger partial charge >= 0.3 is 0 Å². The van der Waals surface area contributed by atoms with Crippen molar-refractivity contribution in [2.24, 2.45) is 5.73 Å².